The molecule has 1 rings (SSSR count). The Hall–Kier alpha value is -3.14. The van der Waals surface area contributed by atoms with E-state index in [4.69, 9.17) is 17.6 Å². The lowest BCUT2D eigenvalue weighted by Crippen LogP contribution is -2.35. The lowest BCUT2D eigenvalue weighted by atomic mass is 10.1. The summed E-state index contributed by atoms with van der Waals surface area (Å²) >= 11 is 0. The SMILES string of the molecule is C#C[C@H](CC(C)=O)NC(=O)CCC(=O)Nc1ccc(C(=N)N)cc1. The van der Waals surface area contributed by atoms with E-state index >= 15 is 0 Å². The van der Waals surface area contributed by atoms with Gasteiger partial charge in [0.25, 0.3) is 0 Å². The first-order chi connectivity index (χ1) is 11.3. The van der Waals surface area contributed by atoms with E-state index in [2.05, 4.69) is 16.6 Å². The van der Waals surface area contributed by atoms with E-state index < -0.39 is 6.04 Å². The van der Waals surface area contributed by atoms with Gasteiger partial charge in [0.1, 0.15) is 11.6 Å². The topological polar surface area (TPSA) is 125 Å². The summed E-state index contributed by atoms with van der Waals surface area (Å²) in [6, 6.07) is 5.82. The van der Waals surface area contributed by atoms with Gasteiger partial charge in [-0.15, -0.1) is 6.42 Å². The lowest BCUT2D eigenvalue weighted by Gasteiger charge is -2.11. The van der Waals surface area contributed by atoms with Gasteiger partial charge in [-0.25, -0.2) is 0 Å². The number of benzene rings is 1. The standard InChI is InChI=1S/C17H20N4O3/c1-3-13(10-11(2)22)20-15(23)8-9-16(24)21-14-6-4-12(5-7-14)17(18)19/h1,4-7,13H,8-10H2,2H3,(H3,18,19)(H,20,23)(H,21,24)/t13-/m1/s1. The second kappa shape index (κ2) is 9.10. The van der Waals surface area contributed by atoms with Gasteiger partial charge in [-0.1, -0.05) is 5.92 Å². The fourth-order valence-electron chi connectivity index (χ4n) is 1.89. The normalized spacial score (nSPS) is 11.0. The summed E-state index contributed by atoms with van der Waals surface area (Å²) in [6.07, 6.45) is 5.26. The van der Waals surface area contributed by atoms with Crippen LogP contribution in [0.2, 0.25) is 0 Å². The Morgan fingerprint density at radius 1 is 1.21 bits per heavy atom. The number of hydrogen-bond acceptors (Lipinski definition) is 4. The van der Waals surface area contributed by atoms with Crippen LogP contribution in [0.25, 0.3) is 0 Å². The van der Waals surface area contributed by atoms with Crippen molar-refractivity contribution >= 4 is 29.1 Å². The van der Waals surface area contributed by atoms with Crippen LogP contribution >= 0.6 is 0 Å². The number of rotatable bonds is 8. The molecule has 0 saturated heterocycles. The number of ketones is 1. The van der Waals surface area contributed by atoms with Gasteiger partial charge in [-0.05, 0) is 31.2 Å². The van der Waals surface area contributed by atoms with Gasteiger partial charge in [-0.3, -0.25) is 19.8 Å². The second-order valence-corrected chi connectivity index (χ2v) is 5.23. The highest BCUT2D eigenvalue weighted by Crippen LogP contribution is 2.10. The van der Waals surface area contributed by atoms with E-state index in [0.717, 1.165) is 0 Å². The summed E-state index contributed by atoms with van der Waals surface area (Å²) in [5.74, 6) is 1.43. The van der Waals surface area contributed by atoms with Crippen molar-refractivity contribution in [2.24, 2.45) is 5.73 Å². The number of terminal acetylenes is 1. The molecule has 0 saturated carbocycles. The molecule has 24 heavy (non-hydrogen) atoms. The summed E-state index contributed by atoms with van der Waals surface area (Å²) < 4.78 is 0. The molecule has 7 nitrogen and oxygen atoms in total. The predicted octanol–water partition coefficient (Wildman–Crippen LogP) is 0.786. The van der Waals surface area contributed by atoms with Crippen LogP contribution in [0.1, 0.15) is 31.7 Å². The van der Waals surface area contributed by atoms with Crippen molar-refractivity contribution in [3.63, 3.8) is 0 Å². The molecule has 0 bridgehead atoms. The molecule has 0 heterocycles. The van der Waals surface area contributed by atoms with Gasteiger partial charge in [-0.2, -0.15) is 0 Å². The smallest absolute Gasteiger partial charge is 0.224 e. The third kappa shape index (κ3) is 6.75. The quantitative estimate of drug-likeness (QED) is 0.320. The van der Waals surface area contributed by atoms with E-state index in [0.29, 0.717) is 11.3 Å². The molecule has 0 spiro atoms. The van der Waals surface area contributed by atoms with Crippen LogP contribution < -0.4 is 16.4 Å². The Morgan fingerprint density at radius 3 is 2.29 bits per heavy atom. The van der Waals surface area contributed by atoms with E-state index in [-0.39, 0.29) is 42.7 Å². The first kappa shape index (κ1) is 18.9. The maximum absolute atomic E-state index is 11.8. The summed E-state index contributed by atoms with van der Waals surface area (Å²) in [6.45, 7) is 1.39. The van der Waals surface area contributed by atoms with Gasteiger partial charge in [0.15, 0.2) is 0 Å². The number of amides is 2. The Morgan fingerprint density at radius 2 is 1.79 bits per heavy atom. The Bertz CT molecular complexity index is 674. The minimum Gasteiger partial charge on any atom is -0.384 e. The molecule has 0 aromatic heterocycles. The molecule has 5 N–H and O–H groups in total. The van der Waals surface area contributed by atoms with Crippen molar-refractivity contribution in [2.75, 3.05) is 5.32 Å². The molecule has 0 aliphatic heterocycles. The zero-order valence-electron chi connectivity index (χ0n) is 13.4. The number of carbonyl (C=O) groups is 3. The van der Waals surface area contributed by atoms with E-state index in [1.165, 1.54) is 6.92 Å². The molecular weight excluding hydrogens is 308 g/mol. The molecule has 0 aliphatic rings. The zero-order chi connectivity index (χ0) is 18.1. The Labute approximate surface area is 140 Å². The van der Waals surface area contributed by atoms with E-state index in [9.17, 15) is 14.4 Å². The van der Waals surface area contributed by atoms with Gasteiger partial charge in [0.2, 0.25) is 11.8 Å². The van der Waals surface area contributed by atoms with Crippen molar-refractivity contribution in [1.29, 1.82) is 5.41 Å². The van der Waals surface area contributed by atoms with E-state index in [1.807, 2.05) is 0 Å². The first-order valence-electron chi connectivity index (χ1n) is 7.31. The largest absolute Gasteiger partial charge is 0.384 e. The van der Waals surface area contributed by atoms with Crippen LogP contribution in [0.3, 0.4) is 0 Å². The lowest BCUT2D eigenvalue weighted by molar-refractivity contribution is -0.125. The number of nitrogens with one attached hydrogen (secondary N) is 3. The van der Waals surface area contributed by atoms with Crippen LogP contribution in [0.4, 0.5) is 5.69 Å². The van der Waals surface area contributed by atoms with Crippen molar-refractivity contribution in [1.82, 2.24) is 5.32 Å². The number of anilines is 1. The molecule has 0 unspecified atom stereocenters. The van der Waals surface area contributed by atoms with Gasteiger partial charge in [0, 0.05) is 30.5 Å². The van der Waals surface area contributed by atoms with Gasteiger partial charge >= 0.3 is 0 Å². The molecule has 0 fully saturated rings. The van der Waals surface area contributed by atoms with Gasteiger partial charge in [0.05, 0.1) is 6.04 Å². The molecule has 0 aliphatic carbocycles. The third-order valence-corrected chi connectivity index (χ3v) is 3.09. The Balaban J connectivity index is 2.42. The number of nitrogen functional groups attached to an aromatic ring is 1. The molecule has 7 heteroatoms. The van der Waals surface area contributed by atoms with Gasteiger partial charge < -0.3 is 16.4 Å². The molecule has 1 aromatic rings. The Kier molecular flexibility index (Phi) is 7.17. The van der Waals surface area contributed by atoms with Crippen molar-refractivity contribution in [3.8, 4) is 12.3 Å². The first-order valence-corrected chi connectivity index (χ1v) is 7.31. The predicted molar refractivity (Wildman–Crippen MR) is 91.4 cm³/mol. The number of carbonyl (C=O) groups excluding carboxylic acids is 3. The average molecular weight is 328 g/mol. The number of hydrogen-bond donors (Lipinski definition) is 4. The number of Topliss-reactive ketones (excluding diaryl/α,β-unsaturated/α-hetero) is 1. The van der Waals surface area contributed by atoms with Crippen LogP contribution in [-0.4, -0.2) is 29.5 Å². The molecule has 126 valence electrons. The average Bonchev–Trinajstić information content (AvgIpc) is 2.52. The van der Waals surface area contributed by atoms with Crippen LogP contribution in [-0.2, 0) is 14.4 Å². The highest BCUT2D eigenvalue weighted by atomic mass is 16.2. The highest BCUT2D eigenvalue weighted by Gasteiger charge is 2.13. The molecule has 1 aromatic carbocycles. The zero-order valence-corrected chi connectivity index (χ0v) is 13.4. The van der Waals surface area contributed by atoms with Crippen LogP contribution in [0.5, 0.6) is 0 Å². The highest BCUT2D eigenvalue weighted by molar-refractivity contribution is 5.96. The number of nitrogens with two attached hydrogens (primary N) is 1. The summed E-state index contributed by atoms with van der Waals surface area (Å²) in [5, 5.41) is 12.4. The second-order valence-electron chi connectivity index (χ2n) is 5.23. The third-order valence-electron chi connectivity index (χ3n) is 3.09. The minimum atomic E-state index is -0.655. The maximum atomic E-state index is 11.8. The maximum Gasteiger partial charge on any atom is 0.224 e. The fraction of sp³-hybridized carbons (Fsp3) is 0.294. The van der Waals surface area contributed by atoms with Crippen LogP contribution in [0.15, 0.2) is 24.3 Å². The summed E-state index contributed by atoms with van der Waals surface area (Å²) in [7, 11) is 0. The molecule has 1 atom stereocenters. The summed E-state index contributed by atoms with van der Waals surface area (Å²) in [4.78, 5) is 34.5. The van der Waals surface area contributed by atoms with E-state index in [1.54, 1.807) is 24.3 Å². The van der Waals surface area contributed by atoms with Crippen molar-refractivity contribution < 1.29 is 14.4 Å². The van der Waals surface area contributed by atoms with Crippen LogP contribution in [0, 0.1) is 17.8 Å². The molecule has 0 radical (unpaired) electrons. The molecule has 2 amide bonds. The molecular formula is C17H20N4O3. The monoisotopic (exact) mass is 328 g/mol. The minimum absolute atomic E-state index is 0.0162. The fourth-order valence-corrected chi connectivity index (χ4v) is 1.89. The van der Waals surface area contributed by atoms with Crippen molar-refractivity contribution in [3.05, 3.63) is 29.8 Å². The van der Waals surface area contributed by atoms with Crippen molar-refractivity contribution in [2.45, 2.75) is 32.2 Å². The summed E-state index contributed by atoms with van der Waals surface area (Å²) in [5.41, 5.74) is 6.44. The number of amidine groups is 1.